The maximum Gasteiger partial charge on any atom is 0.224 e. The molecule has 6 heteroatoms. The standard InChI is InChI=1S/C14H20ClFN4/c1-8(2)18-9(3)10-5-4-6-12(10)19-13-11(16)7-17-14(15)20-13/h7-8,10,12,18H,3-6H2,1-2H3,(H,17,19,20). The average molecular weight is 299 g/mol. The molecule has 1 aromatic rings. The molecule has 1 aromatic heterocycles. The normalized spacial score (nSPS) is 22.1. The van der Waals surface area contributed by atoms with E-state index in [0.29, 0.717) is 6.04 Å². The van der Waals surface area contributed by atoms with Crippen LogP contribution in [0.3, 0.4) is 0 Å². The summed E-state index contributed by atoms with van der Waals surface area (Å²) in [6, 6.07) is 0.461. The molecule has 2 rings (SSSR count). The molecule has 0 aromatic carbocycles. The first-order valence-corrected chi connectivity index (χ1v) is 7.25. The van der Waals surface area contributed by atoms with Crippen molar-refractivity contribution in [2.45, 2.75) is 45.2 Å². The third kappa shape index (κ3) is 3.60. The number of anilines is 1. The second-order valence-electron chi connectivity index (χ2n) is 5.45. The van der Waals surface area contributed by atoms with Crippen molar-refractivity contribution in [3.63, 3.8) is 0 Å². The minimum atomic E-state index is -0.484. The maximum absolute atomic E-state index is 13.7. The summed E-state index contributed by atoms with van der Waals surface area (Å²) in [5.41, 5.74) is 0.996. The van der Waals surface area contributed by atoms with Crippen molar-refractivity contribution in [2.24, 2.45) is 5.92 Å². The molecule has 0 spiro atoms. The van der Waals surface area contributed by atoms with Gasteiger partial charge in [-0.25, -0.2) is 9.37 Å². The quantitative estimate of drug-likeness (QED) is 0.819. The Kier molecular flexibility index (Phi) is 4.81. The smallest absolute Gasteiger partial charge is 0.224 e. The van der Waals surface area contributed by atoms with Gasteiger partial charge in [-0.05, 0) is 38.3 Å². The highest BCUT2D eigenvalue weighted by Crippen LogP contribution is 2.32. The van der Waals surface area contributed by atoms with Crippen LogP contribution in [0.25, 0.3) is 0 Å². The van der Waals surface area contributed by atoms with Gasteiger partial charge in [0.05, 0.1) is 6.20 Å². The number of nitrogens with one attached hydrogen (secondary N) is 2. The topological polar surface area (TPSA) is 49.8 Å². The van der Waals surface area contributed by atoms with Gasteiger partial charge >= 0.3 is 0 Å². The predicted molar refractivity (Wildman–Crippen MR) is 79.2 cm³/mol. The van der Waals surface area contributed by atoms with Crippen LogP contribution in [0.2, 0.25) is 5.28 Å². The van der Waals surface area contributed by atoms with Crippen molar-refractivity contribution in [1.82, 2.24) is 15.3 Å². The van der Waals surface area contributed by atoms with Gasteiger partial charge in [-0.1, -0.05) is 13.0 Å². The Hall–Kier alpha value is -1.36. The molecule has 4 nitrogen and oxygen atoms in total. The number of aromatic nitrogens is 2. The molecule has 0 amide bonds. The molecule has 110 valence electrons. The van der Waals surface area contributed by atoms with Crippen molar-refractivity contribution in [1.29, 1.82) is 0 Å². The molecular formula is C14H20ClFN4. The molecule has 0 saturated heterocycles. The van der Waals surface area contributed by atoms with E-state index in [1.54, 1.807) is 0 Å². The third-order valence-corrected chi connectivity index (χ3v) is 3.66. The Morgan fingerprint density at radius 2 is 2.25 bits per heavy atom. The fourth-order valence-electron chi connectivity index (χ4n) is 2.65. The fraction of sp³-hybridized carbons (Fsp3) is 0.571. The summed E-state index contributed by atoms with van der Waals surface area (Å²) in [6.07, 6.45) is 4.17. The molecule has 0 aliphatic heterocycles. The lowest BCUT2D eigenvalue weighted by molar-refractivity contribution is 0.508. The third-order valence-electron chi connectivity index (χ3n) is 3.47. The first kappa shape index (κ1) is 15.0. The fourth-order valence-corrected chi connectivity index (χ4v) is 2.78. The van der Waals surface area contributed by atoms with Gasteiger partial charge in [0.1, 0.15) is 0 Å². The minimum Gasteiger partial charge on any atom is -0.386 e. The molecule has 2 N–H and O–H groups in total. The van der Waals surface area contributed by atoms with E-state index >= 15 is 0 Å². The second kappa shape index (κ2) is 6.39. The van der Waals surface area contributed by atoms with Gasteiger partial charge in [-0.15, -0.1) is 0 Å². The van der Waals surface area contributed by atoms with E-state index in [9.17, 15) is 4.39 Å². The van der Waals surface area contributed by atoms with E-state index < -0.39 is 5.82 Å². The molecule has 1 saturated carbocycles. The van der Waals surface area contributed by atoms with Crippen molar-refractivity contribution < 1.29 is 4.39 Å². The van der Waals surface area contributed by atoms with E-state index in [0.717, 1.165) is 31.2 Å². The van der Waals surface area contributed by atoms with Gasteiger partial charge in [0, 0.05) is 23.7 Å². The van der Waals surface area contributed by atoms with Gasteiger partial charge in [-0.2, -0.15) is 4.98 Å². The lowest BCUT2D eigenvalue weighted by atomic mass is 9.99. The second-order valence-corrected chi connectivity index (χ2v) is 5.79. The zero-order chi connectivity index (χ0) is 14.7. The summed E-state index contributed by atoms with van der Waals surface area (Å²) in [4.78, 5) is 7.53. The molecule has 2 unspecified atom stereocenters. The van der Waals surface area contributed by atoms with Gasteiger partial charge in [-0.3, -0.25) is 0 Å². The molecule has 1 aliphatic carbocycles. The van der Waals surface area contributed by atoms with Crippen LogP contribution < -0.4 is 10.6 Å². The van der Waals surface area contributed by atoms with Crippen molar-refractivity contribution >= 4 is 17.4 Å². The highest BCUT2D eigenvalue weighted by atomic mass is 35.5. The van der Waals surface area contributed by atoms with Crippen LogP contribution in [0.15, 0.2) is 18.5 Å². The number of hydrogen-bond donors (Lipinski definition) is 2. The Labute approximate surface area is 123 Å². The summed E-state index contributed by atoms with van der Waals surface area (Å²) in [7, 11) is 0. The van der Waals surface area contributed by atoms with E-state index in [-0.39, 0.29) is 23.1 Å². The van der Waals surface area contributed by atoms with Crippen LogP contribution in [0.4, 0.5) is 10.2 Å². The van der Waals surface area contributed by atoms with Crippen LogP contribution in [0.5, 0.6) is 0 Å². The van der Waals surface area contributed by atoms with Crippen LogP contribution >= 0.6 is 11.6 Å². The SMILES string of the molecule is C=C(NC(C)C)C1CCCC1Nc1nc(Cl)ncc1F. The molecule has 1 fully saturated rings. The molecule has 0 bridgehead atoms. The molecule has 20 heavy (non-hydrogen) atoms. The Morgan fingerprint density at radius 3 is 2.95 bits per heavy atom. The monoisotopic (exact) mass is 298 g/mol. The Morgan fingerprint density at radius 1 is 1.50 bits per heavy atom. The van der Waals surface area contributed by atoms with Gasteiger partial charge in [0.15, 0.2) is 11.6 Å². The summed E-state index contributed by atoms with van der Waals surface area (Å²) >= 11 is 5.71. The lowest BCUT2D eigenvalue weighted by Gasteiger charge is -2.25. The van der Waals surface area contributed by atoms with Crippen LogP contribution in [0.1, 0.15) is 33.1 Å². The number of rotatable bonds is 5. The van der Waals surface area contributed by atoms with Crippen LogP contribution in [-0.2, 0) is 0 Å². The summed E-state index contributed by atoms with van der Waals surface area (Å²) in [5.74, 6) is -0.0488. The molecule has 2 atom stereocenters. The zero-order valence-corrected chi connectivity index (χ0v) is 12.5. The van der Waals surface area contributed by atoms with Crippen molar-refractivity contribution in [3.8, 4) is 0 Å². The number of halogens is 2. The van der Waals surface area contributed by atoms with Crippen LogP contribution in [-0.4, -0.2) is 22.1 Å². The molecule has 0 radical (unpaired) electrons. The number of nitrogens with zero attached hydrogens (tertiary/aromatic N) is 2. The Bertz CT molecular complexity index is 492. The molecule has 1 heterocycles. The average Bonchev–Trinajstić information content (AvgIpc) is 2.81. The first-order chi connectivity index (χ1) is 9.47. The van der Waals surface area contributed by atoms with E-state index in [1.807, 2.05) is 0 Å². The van der Waals surface area contributed by atoms with E-state index in [1.165, 1.54) is 0 Å². The summed E-state index contributed by atoms with van der Waals surface area (Å²) in [5, 5.41) is 6.53. The maximum atomic E-state index is 13.7. The lowest BCUT2D eigenvalue weighted by Crippen LogP contribution is -2.33. The van der Waals surface area contributed by atoms with Crippen molar-refractivity contribution in [3.05, 3.63) is 29.6 Å². The number of hydrogen-bond acceptors (Lipinski definition) is 4. The van der Waals surface area contributed by atoms with Crippen molar-refractivity contribution in [2.75, 3.05) is 5.32 Å². The van der Waals surface area contributed by atoms with Gasteiger partial charge < -0.3 is 10.6 Å². The van der Waals surface area contributed by atoms with Gasteiger partial charge in [0.25, 0.3) is 0 Å². The molecular weight excluding hydrogens is 279 g/mol. The summed E-state index contributed by atoms with van der Waals surface area (Å²) < 4.78 is 13.7. The highest BCUT2D eigenvalue weighted by Gasteiger charge is 2.30. The minimum absolute atomic E-state index is 0.0441. The van der Waals surface area contributed by atoms with E-state index in [4.69, 9.17) is 11.6 Å². The van der Waals surface area contributed by atoms with Crippen LogP contribution in [0, 0.1) is 11.7 Å². The van der Waals surface area contributed by atoms with Gasteiger partial charge in [0.2, 0.25) is 5.28 Å². The largest absolute Gasteiger partial charge is 0.386 e. The molecule has 1 aliphatic rings. The Balaban J connectivity index is 2.07. The zero-order valence-electron chi connectivity index (χ0n) is 11.8. The first-order valence-electron chi connectivity index (χ1n) is 6.87. The summed E-state index contributed by atoms with van der Waals surface area (Å²) in [6.45, 7) is 8.26. The predicted octanol–water partition coefficient (Wildman–Crippen LogP) is 3.36. The van der Waals surface area contributed by atoms with E-state index in [2.05, 4.69) is 41.0 Å². The highest BCUT2D eigenvalue weighted by molar-refractivity contribution is 6.28.